The van der Waals surface area contributed by atoms with E-state index in [1.165, 1.54) is 6.26 Å². The molecule has 1 rings (SSSR count). The first-order valence-electron chi connectivity index (χ1n) is 4.49. The maximum absolute atomic E-state index is 11.4. The second-order valence-corrected chi connectivity index (χ2v) is 3.46. The average Bonchev–Trinajstić information content (AvgIpc) is 2.63. The molecule has 3 N–H and O–H groups in total. The van der Waals surface area contributed by atoms with Crippen LogP contribution in [0, 0.1) is 5.92 Å². The van der Waals surface area contributed by atoms with Crippen molar-refractivity contribution in [3.63, 3.8) is 0 Å². The second-order valence-electron chi connectivity index (χ2n) is 3.46. The zero-order valence-electron chi connectivity index (χ0n) is 8.57. The standard InChI is InChI=1S/C9H15N3O2/c1-5(2)7(10)8-6(4-14-12-8)9(13)11-3/h4-5,7H,10H2,1-3H3,(H,11,13)/t7-/m0/s1. The summed E-state index contributed by atoms with van der Waals surface area (Å²) in [5.41, 5.74) is 6.80. The molecule has 0 aliphatic rings. The van der Waals surface area contributed by atoms with Crippen LogP contribution in [0.15, 0.2) is 10.8 Å². The van der Waals surface area contributed by atoms with Crippen LogP contribution >= 0.6 is 0 Å². The third kappa shape index (κ3) is 1.93. The fraction of sp³-hybridized carbons (Fsp3) is 0.556. The molecule has 0 unspecified atom stereocenters. The lowest BCUT2D eigenvalue weighted by molar-refractivity contribution is 0.0961. The van der Waals surface area contributed by atoms with Crippen molar-refractivity contribution >= 4 is 5.91 Å². The SMILES string of the molecule is CNC(=O)c1conc1[C@@H](N)C(C)C. The van der Waals surface area contributed by atoms with Crippen molar-refractivity contribution in [2.24, 2.45) is 11.7 Å². The quantitative estimate of drug-likeness (QED) is 0.747. The Morgan fingerprint density at radius 2 is 2.29 bits per heavy atom. The van der Waals surface area contributed by atoms with Crippen LogP contribution in [0.2, 0.25) is 0 Å². The van der Waals surface area contributed by atoms with Crippen LogP contribution in [0.3, 0.4) is 0 Å². The molecule has 1 amide bonds. The minimum atomic E-state index is -0.277. The number of nitrogens with two attached hydrogens (primary N) is 1. The summed E-state index contributed by atoms with van der Waals surface area (Å²) in [4.78, 5) is 11.4. The van der Waals surface area contributed by atoms with Crippen molar-refractivity contribution in [2.75, 3.05) is 7.05 Å². The largest absolute Gasteiger partial charge is 0.364 e. The van der Waals surface area contributed by atoms with Gasteiger partial charge in [-0.2, -0.15) is 0 Å². The van der Waals surface area contributed by atoms with Gasteiger partial charge in [0.15, 0.2) is 0 Å². The van der Waals surface area contributed by atoms with Crippen LogP contribution in [-0.2, 0) is 0 Å². The summed E-state index contributed by atoms with van der Waals surface area (Å²) in [6.45, 7) is 3.93. The monoisotopic (exact) mass is 197 g/mol. The van der Waals surface area contributed by atoms with Gasteiger partial charge in [0.05, 0.1) is 6.04 Å². The van der Waals surface area contributed by atoms with Gasteiger partial charge in [0.1, 0.15) is 17.5 Å². The van der Waals surface area contributed by atoms with Crippen molar-refractivity contribution in [1.29, 1.82) is 0 Å². The number of rotatable bonds is 3. The molecule has 0 aromatic carbocycles. The normalized spacial score (nSPS) is 12.9. The number of nitrogens with zero attached hydrogens (tertiary/aromatic N) is 1. The number of aromatic nitrogens is 1. The highest BCUT2D eigenvalue weighted by atomic mass is 16.5. The molecule has 0 saturated carbocycles. The van der Waals surface area contributed by atoms with E-state index in [-0.39, 0.29) is 17.9 Å². The van der Waals surface area contributed by atoms with E-state index < -0.39 is 0 Å². The molecule has 1 heterocycles. The van der Waals surface area contributed by atoms with Crippen molar-refractivity contribution in [2.45, 2.75) is 19.9 Å². The van der Waals surface area contributed by atoms with E-state index in [0.29, 0.717) is 11.3 Å². The minimum Gasteiger partial charge on any atom is -0.364 e. The predicted octanol–water partition coefficient (Wildman–Crippen LogP) is 0.690. The molecular formula is C9H15N3O2. The Kier molecular flexibility index (Phi) is 3.24. The van der Waals surface area contributed by atoms with Crippen LogP contribution in [0.25, 0.3) is 0 Å². The van der Waals surface area contributed by atoms with E-state index in [9.17, 15) is 4.79 Å². The highest BCUT2D eigenvalue weighted by Crippen LogP contribution is 2.20. The Labute approximate surface area is 82.6 Å². The third-order valence-electron chi connectivity index (χ3n) is 2.10. The van der Waals surface area contributed by atoms with Crippen molar-refractivity contribution < 1.29 is 9.32 Å². The predicted molar refractivity (Wildman–Crippen MR) is 51.7 cm³/mol. The molecule has 0 spiro atoms. The summed E-state index contributed by atoms with van der Waals surface area (Å²) >= 11 is 0. The molecule has 1 aromatic rings. The van der Waals surface area contributed by atoms with Crippen LogP contribution in [-0.4, -0.2) is 18.1 Å². The van der Waals surface area contributed by atoms with E-state index in [2.05, 4.69) is 10.5 Å². The molecule has 0 aliphatic carbocycles. The number of nitrogens with one attached hydrogen (secondary N) is 1. The maximum Gasteiger partial charge on any atom is 0.256 e. The molecule has 0 radical (unpaired) electrons. The summed E-state index contributed by atoms with van der Waals surface area (Å²) in [5, 5.41) is 6.25. The van der Waals surface area contributed by atoms with Crippen molar-refractivity contribution in [1.82, 2.24) is 10.5 Å². The second kappa shape index (κ2) is 4.23. The highest BCUT2D eigenvalue weighted by Gasteiger charge is 2.22. The van der Waals surface area contributed by atoms with Gasteiger partial charge in [-0.05, 0) is 5.92 Å². The first kappa shape index (κ1) is 10.7. The first-order chi connectivity index (χ1) is 6.57. The van der Waals surface area contributed by atoms with Gasteiger partial charge in [-0.25, -0.2) is 0 Å². The van der Waals surface area contributed by atoms with Crippen LogP contribution in [0.4, 0.5) is 0 Å². The molecule has 0 bridgehead atoms. The van der Waals surface area contributed by atoms with E-state index >= 15 is 0 Å². The average molecular weight is 197 g/mol. The van der Waals surface area contributed by atoms with Gasteiger partial charge in [0, 0.05) is 7.05 Å². The fourth-order valence-electron chi connectivity index (χ4n) is 1.11. The molecule has 1 atom stereocenters. The molecule has 0 fully saturated rings. The maximum atomic E-state index is 11.4. The Hall–Kier alpha value is -1.36. The van der Waals surface area contributed by atoms with E-state index in [0.717, 1.165) is 0 Å². The van der Waals surface area contributed by atoms with Gasteiger partial charge in [-0.3, -0.25) is 4.79 Å². The van der Waals surface area contributed by atoms with Gasteiger partial charge in [0.25, 0.3) is 5.91 Å². The number of amides is 1. The van der Waals surface area contributed by atoms with Crippen molar-refractivity contribution in [3.8, 4) is 0 Å². The Bertz CT molecular complexity index is 320. The van der Waals surface area contributed by atoms with Crippen molar-refractivity contribution in [3.05, 3.63) is 17.5 Å². The molecule has 78 valence electrons. The van der Waals surface area contributed by atoms with Gasteiger partial charge < -0.3 is 15.6 Å². The van der Waals surface area contributed by atoms with E-state index in [1.54, 1.807) is 7.05 Å². The van der Waals surface area contributed by atoms with Gasteiger partial charge in [-0.1, -0.05) is 19.0 Å². The number of carbonyl (C=O) groups is 1. The van der Waals surface area contributed by atoms with Gasteiger partial charge in [0.2, 0.25) is 0 Å². The highest BCUT2D eigenvalue weighted by molar-refractivity contribution is 5.94. The summed E-state index contributed by atoms with van der Waals surface area (Å²) in [6, 6.07) is -0.277. The molecule has 0 aliphatic heterocycles. The summed E-state index contributed by atoms with van der Waals surface area (Å²) in [6.07, 6.45) is 1.32. The first-order valence-corrected chi connectivity index (χ1v) is 4.49. The third-order valence-corrected chi connectivity index (χ3v) is 2.10. The zero-order chi connectivity index (χ0) is 10.7. The van der Waals surface area contributed by atoms with Gasteiger partial charge >= 0.3 is 0 Å². The molecular weight excluding hydrogens is 182 g/mol. The lowest BCUT2D eigenvalue weighted by Gasteiger charge is -2.13. The summed E-state index contributed by atoms with van der Waals surface area (Å²) in [5.74, 6) is -0.0131. The van der Waals surface area contributed by atoms with Crippen LogP contribution in [0.5, 0.6) is 0 Å². The molecule has 14 heavy (non-hydrogen) atoms. The van der Waals surface area contributed by atoms with E-state index in [1.807, 2.05) is 13.8 Å². The number of hydrogen-bond donors (Lipinski definition) is 2. The number of hydrogen-bond acceptors (Lipinski definition) is 4. The Balaban J connectivity index is 2.98. The number of carbonyl (C=O) groups excluding carboxylic acids is 1. The Morgan fingerprint density at radius 1 is 1.64 bits per heavy atom. The molecule has 0 saturated heterocycles. The minimum absolute atomic E-state index is 0.212. The summed E-state index contributed by atoms with van der Waals surface area (Å²) in [7, 11) is 1.56. The zero-order valence-corrected chi connectivity index (χ0v) is 8.57. The fourth-order valence-corrected chi connectivity index (χ4v) is 1.11. The smallest absolute Gasteiger partial charge is 0.256 e. The lowest BCUT2D eigenvalue weighted by atomic mass is 9.99. The van der Waals surface area contributed by atoms with E-state index in [4.69, 9.17) is 10.3 Å². The molecule has 5 nitrogen and oxygen atoms in total. The molecule has 5 heteroatoms. The Morgan fingerprint density at radius 3 is 2.79 bits per heavy atom. The lowest BCUT2D eigenvalue weighted by Crippen LogP contribution is -2.24. The van der Waals surface area contributed by atoms with Gasteiger partial charge in [-0.15, -0.1) is 0 Å². The summed E-state index contributed by atoms with van der Waals surface area (Å²) < 4.78 is 4.75. The topological polar surface area (TPSA) is 81.2 Å². The molecule has 1 aromatic heterocycles. The van der Waals surface area contributed by atoms with Crippen LogP contribution in [0.1, 0.15) is 35.9 Å². The van der Waals surface area contributed by atoms with Crippen LogP contribution < -0.4 is 11.1 Å².